The van der Waals surface area contributed by atoms with Crippen molar-refractivity contribution in [3.8, 4) is 23.0 Å². The molecule has 2 heterocycles. The Morgan fingerprint density at radius 3 is 2.38 bits per heavy atom. The van der Waals surface area contributed by atoms with Gasteiger partial charge in [0.25, 0.3) is 5.56 Å². The van der Waals surface area contributed by atoms with Crippen LogP contribution in [-0.4, -0.2) is 45.1 Å². The molecule has 9 nitrogen and oxygen atoms in total. The second-order valence-electron chi connectivity index (χ2n) is 8.86. The number of hydrogen-bond acceptors (Lipinski definition) is 9. The molecule has 0 aliphatic carbocycles. The van der Waals surface area contributed by atoms with Crippen molar-refractivity contribution >= 4 is 23.4 Å². The lowest BCUT2D eigenvalue weighted by Crippen LogP contribution is -2.40. The molecule has 2 aromatic carbocycles. The number of fused-ring (bicyclic) bond motifs is 1. The second-order valence-corrected chi connectivity index (χ2v) is 9.87. The molecular weight excluding hydrogens is 532 g/mol. The van der Waals surface area contributed by atoms with Crippen LogP contribution in [0.25, 0.3) is 6.08 Å². The van der Waals surface area contributed by atoms with Crippen LogP contribution >= 0.6 is 11.3 Å². The molecule has 0 saturated heterocycles. The van der Waals surface area contributed by atoms with Crippen LogP contribution in [-0.2, 0) is 9.53 Å². The van der Waals surface area contributed by atoms with Crippen LogP contribution in [0, 0.1) is 0 Å². The van der Waals surface area contributed by atoms with Gasteiger partial charge in [-0.25, -0.2) is 9.79 Å². The summed E-state index contributed by atoms with van der Waals surface area (Å²) >= 11 is 1.26. The highest BCUT2D eigenvalue weighted by Crippen LogP contribution is 2.38. The molecule has 0 bridgehead atoms. The average molecular weight is 567 g/mol. The van der Waals surface area contributed by atoms with Crippen molar-refractivity contribution in [3.63, 3.8) is 0 Å². The van der Waals surface area contributed by atoms with Crippen molar-refractivity contribution in [1.29, 1.82) is 0 Å². The number of rotatable bonds is 11. The largest absolute Gasteiger partial charge is 0.497 e. The smallest absolute Gasteiger partial charge is 0.338 e. The quantitative estimate of drug-likeness (QED) is 0.324. The van der Waals surface area contributed by atoms with Crippen LogP contribution in [0.2, 0.25) is 0 Å². The number of ether oxygens (including phenoxy) is 5. The summed E-state index contributed by atoms with van der Waals surface area (Å²) in [5, 5.41) is 0. The number of allylic oxidation sites excluding steroid dienone is 1. The summed E-state index contributed by atoms with van der Waals surface area (Å²) in [7, 11) is 4.69. The average Bonchev–Trinajstić information content (AvgIpc) is 3.26. The first-order valence-corrected chi connectivity index (χ1v) is 14.0. The van der Waals surface area contributed by atoms with Gasteiger partial charge in [-0.1, -0.05) is 30.7 Å². The first-order valence-electron chi connectivity index (χ1n) is 13.1. The van der Waals surface area contributed by atoms with Crippen molar-refractivity contribution in [2.75, 3.05) is 34.5 Å². The molecular formula is C30H34N2O7S. The SMILES string of the molecule is CCCC1=C(C(=O)OCC)[C@@H](c2cc(OC)ccc2OC)n2c(s/c(=C\c3ccc(OC)c(OCC)c3)c2=O)=N1. The van der Waals surface area contributed by atoms with E-state index in [1.54, 1.807) is 63.2 Å². The fourth-order valence-electron chi connectivity index (χ4n) is 4.67. The first-order chi connectivity index (χ1) is 19.4. The Bertz CT molecular complexity index is 1600. The molecule has 0 amide bonds. The number of hydrogen-bond donors (Lipinski definition) is 0. The molecule has 1 aliphatic heterocycles. The topological polar surface area (TPSA) is 97.6 Å². The number of esters is 1. The van der Waals surface area contributed by atoms with Crippen LogP contribution in [0.4, 0.5) is 0 Å². The maximum atomic E-state index is 14.1. The summed E-state index contributed by atoms with van der Waals surface area (Å²) < 4.78 is 29.8. The third-order valence-corrected chi connectivity index (χ3v) is 7.39. The predicted octanol–water partition coefficient (Wildman–Crippen LogP) is 4.00. The normalized spacial score (nSPS) is 14.8. The molecule has 40 heavy (non-hydrogen) atoms. The van der Waals surface area contributed by atoms with Gasteiger partial charge in [0, 0.05) is 5.56 Å². The van der Waals surface area contributed by atoms with Gasteiger partial charge in [-0.3, -0.25) is 9.36 Å². The van der Waals surface area contributed by atoms with Crippen molar-refractivity contribution in [2.24, 2.45) is 4.99 Å². The number of nitrogens with zero attached hydrogens (tertiary/aromatic N) is 2. The molecule has 3 aromatic rings. The molecule has 0 N–H and O–H groups in total. The minimum absolute atomic E-state index is 0.188. The zero-order valence-electron chi connectivity index (χ0n) is 23.6. The van der Waals surface area contributed by atoms with E-state index in [-0.39, 0.29) is 12.2 Å². The molecule has 0 saturated carbocycles. The molecule has 212 valence electrons. The van der Waals surface area contributed by atoms with Crippen LogP contribution in [0.1, 0.15) is 50.8 Å². The van der Waals surface area contributed by atoms with Crippen LogP contribution < -0.4 is 33.8 Å². The molecule has 0 unspecified atom stereocenters. The predicted molar refractivity (Wildman–Crippen MR) is 153 cm³/mol. The third kappa shape index (κ3) is 5.62. The summed E-state index contributed by atoms with van der Waals surface area (Å²) in [6.45, 7) is 6.32. The minimum atomic E-state index is -0.820. The van der Waals surface area contributed by atoms with E-state index in [1.165, 1.54) is 11.3 Å². The number of carbonyl (C=O) groups is 1. The van der Waals surface area contributed by atoms with Crippen molar-refractivity contribution in [1.82, 2.24) is 4.57 Å². The molecule has 4 rings (SSSR count). The molecule has 10 heteroatoms. The Balaban J connectivity index is 2.01. The van der Waals surface area contributed by atoms with Gasteiger partial charge in [0.15, 0.2) is 16.3 Å². The van der Waals surface area contributed by atoms with Gasteiger partial charge in [-0.05, 0) is 62.2 Å². The Morgan fingerprint density at radius 2 is 1.73 bits per heavy atom. The number of thiazole rings is 1. The van der Waals surface area contributed by atoms with E-state index < -0.39 is 12.0 Å². The van der Waals surface area contributed by atoms with Crippen molar-refractivity contribution in [3.05, 3.63) is 78.5 Å². The highest BCUT2D eigenvalue weighted by atomic mass is 32.1. The van der Waals surface area contributed by atoms with E-state index in [0.29, 0.717) is 62.2 Å². The standard InChI is InChI=1S/C30H34N2O7S/c1-7-10-21-26(29(34)39-9-3)27(20-17-19(35-4)12-14-22(20)36-5)32-28(33)25(40-30(32)31-21)16-18-11-13-23(37-6)24(15-18)38-8-2/h11-17,27H,7-10H2,1-6H3/b25-16-/t27-/m1/s1. The number of benzene rings is 2. The fourth-order valence-corrected chi connectivity index (χ4v) is 5.69. The van der Waals surface area contributed by atoms with Crippen LogP contribution in [0.5, 0.6) is 23.0 Å². The third-order valence-electron chi connectivity index (χ3n) is 6.41. The Kier molecular flexibility index (Phi) is 9.31. The zero-order chi connectivity index (χ0) is 28.8. The lowest BCUT2D eigenvalue weighted by molar-refractivity contribution is -0.139. The maximum Gasteiger partial charge on any atom is 0.338 e. The van der Waals surface area contributed by atoms with Gasteiger partial charge in [0.05, 0.1) is 50.3 Å². The summed E-state index contributed by atoms with van der Waals surface area (Å²) in [6.07, 6.45) is 3.09. The number of aromatic nitrogens is 1. The van der Waals surface area contributed by atoms with E-state index in [1.807, 2.05) is 26.0 Å². The van der Waals surface area contributed by atoms with Crippen molar-refractivity contribution < 1.29 is 28.5 Å². The van der Waals surface area contributed by atoms with Gasteiger partial charge < -0.3 is 23.7 Å². The summed E-state index contributed by atoms with van der Waals surface area (Å²) in [5.74, 6) is 1.75. The monoisotopic (exact) mass is 566 g/mol. The first kappa shape index (κ1) is 28.9. The van der Waals surface area contributed by atoms with Crippen LogP contribution in [0.15, 0.2) is 57.5 Å². The summed E-state index contributed by atoms with van der Waals surface area (Å²) in [4.78, 5) is 32.8. The molecule has 1 aromatic heterocycles. The van der Waals surface area contributed by atoms with Gasteiger partial charge in [-0.2, -0.15) is 0 Å². The molecule has 0 fully saturated rings. The van der Waals surface area contributed by atoms with Crippen molar-refractivity contribution in [2.45, 2.75) is 39.7 Å². The van der Waals surface area contributed by atoms with E-state index >= 15 is 0 Å². The summed E-state index contributed by atoms with van der Waals surface area (Å²) in [5.41, 5.74) is 1.99. The Labute approximate surface area is 236 Å². The molecule has 0 radical (unpaired) electrons. The van der Waals surface area contributed by atoms with Gasteiger partial charge in [-0.15, -0.1) is 0 Å². The van der Waals surface area contributed by atoms with E-state index in [9.17, 15) is 9.59 Å². The molecule has 1 aliphatic rings. The lowest BCUT2D eigenvalue weighted by Gasteiger charge is -2.27. The highest BCUT2D eigenvalue weighted by molar-refractivity contribution is 7.07. The van der Waals surface area contributed by atoms with E-state index in [4.69, 9.17) is 28.7 Å². The van der Waals surface area contributed by atoms with E-state index in [2.05, 4.69) is 0 Å². The van der Waals surface area contributed by atoms with Gasteiger partial charge >= 0.3 is 5.97 Å². The maximum absolute atomic E-state index is 14.1. The number of carbonyl (C=O) groups excluding carboxylic acids is 1. The second kappa shape index (κ2) is 12.9. The fraction of sp³-hybridized carbons (Fsp3) is 0.367. The van der Waals surface area contributed by atoms with E-state index in [0.717, 1.165) is 12.0 Å². The molecule has 1 atom stereocenters. The Morgan fingerprint density at radius 1 is 0.975 bits per heavy atom. The Hall–Kier alpha value is -4.05. The minimum Gasteiger partial charge on any atom is -0.497 e. The highest BCUT2D eigenvalue weighted by Gasteiger charge is 2.36. The zero-order valence-corrected chi connectivity index (χ0v) is 24.4. The van der Waals surface area contributed by atoms with Crippen LogP contribution in [0.3, 0.4) is 0 Å². The van der Waals surface area contributed by atoms with Gasteiger partial charge in [0.1, 0.15) is 17.5 Å². The number of methoxy groups -OCH3 is 3. The van der Waals surface area contributed by atoms with Gasteiger partial charge in [0.2, 0.25) is 0 Å². The summed E-state index contributed by atoms with van der Waals surface area (Å²) in [6, 6.07) is 9.98. The lowest BCUT2D eigenvalue weighted by atomic mass is 9.93. The molecule has 0 spiro atoms.